The van der Waals surface area contributed by atoms with Gasteiger partial charge in [-0.2, -0.15) is 0 Å². The van der Waals surface area contributed by atoms with E-state index >= 15 is 0 Å². The molecule has 0 spiro atoms. The van der Waals surface area contributed by atoms with Crippen LogP contribution in [-0.4, -0.2) is 12.6 Å². The van der Waals surface area contributed by atoms with Gasteiger partial charge in [0.05, 0.1) is 6.61 Å². The zero-order valence-corrected chi connectivity index (χ0v) is 8.00. The molecule has 0 aromatic rings. The van der Waals surface area contributed by atoms with Crippen LogP contribution in [0.4, 0.5) is 0 Å². The number of hydrogen-bond donors (Lipinski definition) is 0. The lowest BCUT2D eigenvalue weighted by Crippen LogP contribution is -2.18. The van der Waals surface area contributed by atoms with Crippen LogP contribution in [0, 0.1) is 18.8 Å². The van der Waals surface area contributed by atoms with E-state index in [2.05, 4.69) is 13.5 Å². The summed E-state index contributed by atoms with van der Waals surface area (Å²) < 4.78 is 4.99. The second-order valence-corrected chi connectivity index (χ2v) is 3.72. The molecule has 73 valence electrons. The lowest BCUT2D eigenvalue weighted by atomic mass is 9.83. The van der Waals surface area contributed by atoms with Crippen LogP contribution in [-0.2, 0) is 9.53 Å². The van der Waals surface area contributed by atoms with E-state index in [1.165, 1.54) is 6.08 Å². The van der Waals surface area contributed by atoms with Gasteiger partial charge in [-0.05, 0) is 24.7 Å². The number of carbonyl (C=O) groups excluding carboxylic acids is 1. The fraction of sp³-hybridized carbons (Fsp3) is 0.636. The maximum atomic E-state index is 10.8. The molecule has 2 heteroatoms. The lowest BCUT2D eigenvalue weighted by Gasteiger charge is -2.25. The molecule has 0 amide bonds. The van der Waals surface area contributed by atoms with Gasteiger partial charge in [-0.1, -0.05) is 26.3 Å². The van der Waals surface area contributed by atoms with E-state index in [9.17, 15) is 4.79 Å². The highest BCUT2D eigenvalue weighted by Gasteiger charge is 2.18. The molecule has 0 aromatic heterocycles. The molecule has 2 nitrogen and oxygen atoms in total. The van der Waals surface area contributed by atoms with Gasteiger partial charge in [-0.15, -0.1) is 0 Å². The summed E-state index contributed by atoms with van der Waals surface area (Å²) in [5.41, 5.74) is 0. The van der Waals surface area contributed by atoms with Crippen molar-refractivity contribution in [2.24, 2.45) is 11.8 Å². The van der Waals surface area contributed by atoms with Crippen molar-refractivity contribution in [2.75, 3.05) is 6.61 Å². The predicted molar refractivity (Wildman–Crippen MR) is 52.0 cm³/mol. The molecule has 0 aromatic carbocycles. The average molecular weight is 181 g/mol. The van der Waals surface area contributed by atoms with Crippen molar-refractivity contribution in [3.05, 3.63) is 19.6 Å². The van der Waals surface area contributed by atoms with Gasteiger partial charge in [-0.3, -0.25) is 0 Å². The van der Waals surface area contributed by atoms with Crippen molar-refractivity contribution in [1.29, 1.82) is 0 Å². The number of rotatable bonds is 3. The summed E-state index contributed by atoms with van der Waals surface area (Å²) in [5.74, 6) is 0.838. The maximum absolute atomic E-state index is 10.8. The van der Waals surface area contributed by atoms with Crippen LogP contribution in [0.3, 0.4) is 0 Å². The minimum Gasteiger partial charge on any atom is -0.462 e. The Hall–Kier alpha value is -0.790. The number of hydrogen-bond acceptors (Lipinski definition) is 2. The molecule has 0 aliphatic heterocycles. The van der Waals surface area contributed by atoms with Crippen LogP contribution in [0.15, 0.2) is 12.7 Å². The van der Waals surface area contributed by atoms with E-state index < -0.39 is 0 Å². The molecule has 1 aliphatic rings. The Morgan fingerprint density at radius 3 is 2.54 bits per heavy atom. The van der Waals surface area contributed by atoms with E-state index in [0.717, 1.165) is 25.7 Å². The first-order valence-electron chi connectivity index (χ1n) is 4.84. The Labute approximate surface area is 80.0 Å². The summed E-state index contributed by atoms with van der Waals surface area (Å²) in [7, 11) is 0. The van der Waals surface area contributed by atoms with E-state index in [4.69, 9.17) is 4.74 Å². The molecule has 0 bridgehead atoms. The molecule has 1 radical (unpaired) electrons. The van der Waals surface area contributed by atoms with E-state index in [1.54, 1.807) is 0 Å². The van der Waals surface area contributed by atoms with Gasteiger partial charge >= 0.3 is 5.97 Å². The molecule has 0 atom stereocenters. The molecule has 0 N–H and O–H groups in total. The van der Waals surface area contributed by atoms with Gasteiger partial charge in [0.1, 0.15) is 0 Å². The SMILES string of the molecule is [CH2]C1CCC(COC(=O)C=C)CC1. The van der Waals surface area contributed by atoms with Crippen LogP contribution in [0.2, 0.25) is 0 Å². The van der Waals surface area contributed by atoms with Gasteiger partial charge < -0.3 is 4.74 Å². The monoisotopic (exact) mass is 181 g/mol. The second-order valence-electron chi connectivity index (χ2n) is 3.72. The van der Waals surface area contributed by atoms with Gasteiger partial charge in [0.25, 0.3) is 0 Å². The first kappa shape index (κ1) is 10.3. The Balaban J connectivity index is 2.15. The summed E-state index contributed by atoms with van der Waals surface area (Å²) in [6.07, 6.45) is 5.82. The third kappa shape index (κ3) is 3.62. The highest BCUT2D eigenvalue weighted by atomic mass is 16.5. The number of carbonyl (C=O) groups is 1. The zero-order chi connectivity index (χ0) is 9.68. The van der Waals surface area contributed by atoms with Crippen LogP contribution in [0.1, 0.15) is 25.7 Å². The first-order chi connectivity index (χ1) is 6.22. The van der Waals surface area contributed by atoms with E-state index in [-0.39, 0.29) is 5.97 Å². The Morgan fingerprint density at radius 1 is 1.38 bits per heavy atom. The Bertz CT molecular complexity index is 179. The van der Waals surface area contributed by atoms with Crippen molar-refractivity contribution >= 4 is 5.97 Å². The van der Waals surface area contributed by atoms with Gasteiger partial charge in [0, 0.05) is 6.08 Å². The summed E-state index contributed by atoms with van der Waals surface area (Å²) in [4.78, 5) is 10.8. The summed E-state index contributed by atoms with van der Waals surface area (Å²) in [6, 6.07) is 0. The normalized spacial score (nSPS) is 28.1. The highest BCUT2D eigenvalue weighted by Crippen LogP contribution is 2.27. The number of esters is 1. The first-order valence-corrected chi connectivity index (χ1v) is 4.84. The third-order valence-electron chi connectivity index (χ3n) is 2.59. The van der Waals surface area contributed by atoms with Crippen molar-refractivity contribution in [1.82, 2.24) is 0 Å². The van der Waals surface area contributed by atoms with Crippen LogP contribution in [0.5, 0.6) is 0 Å². The molecule has 1 fully saturated rings. The molecule has 0 saturated heterocycles. The van der Waals surface area contributed by atoms with Crippen molar-refractivity contribution < 1.29 is 9.53 Å². The third-order valence-corrected chi connectivity index (χ3v) is 2.59. The topological polar surface area (TPSA) is 26.3 Å². The second kappa shape index (κ2) is 5.05. The van der Waals surface area contributed by atoms with Gasteiger partial charge in [0.15, 0.2) is 0 Å². The van der Waals surface area contributed by atoms with Crippen LogP contribution in [0.25, 0.3) is 0 Å². The summed E-state index contributed by atoms with van der Waals surface area (Å²) in [5, 5.41) is 0. The van der Waals surface area contributed by atoms with Crippen molar-refractivity contribution in [3.63, 3.8) is 0 Å². The molecule has 1 rings (SSSR count). The quantitative estimate of drug-likeness (QED) is 0.493. The average Bonchev–Trinajstić information content (AvgIpc) is 2.16. The highest BCUT2D eigenvalue weighted by molar-refractivity contribution is 5.81. The minimum absolute atomic E-state index is 0.309. The Morgan fingerprint density at radius 2 is 2.00 bits per heavy atom. The molecule has 1 aliphatic carbocycles. The standard InChI is InChI=1S/C11H17O2/c1-3-11(12)13-8-10-6-4-9(2)5-7-10/h3,9-10H,1-2,4-8H2. The maximum Gasteiger partial charge on any atom is 0.330 e. The molecule has 0 heterocycles. The molecule has 13 heavy (non-hydrogen) atoms. The Kier molecular flexibility index (Phi) is 4.00. The summed E-state index contributed by atoms with van der Waals surface area (Å²) >= 11 is 0. The van der Waals surface area contributed by atoms with E-state index in [1.807, 2.05) is 0 Å². The van der Waals surface area contributed by atoms with Crippen molar-refractivity contribution in [2.45, 2.75) is 25.7 Å². The van der Waals surface area contributed by atoms with Gasteiger partial charge in [-0.25, -0.2) is 4.79 Å². The van der Waals surface area contributed by atoms with Crippen LogP contribution < -0.4 is 0 Å². The molecule has 0 unspecified atom stereocenters. The largest absolute Gasteiger partial charge is 0.462 e. The summed E-state index contributed by atoms with van der Waals surface area (Å²) in [6.45, 7) is 7.92. The minimum atomic E-state index is -0.309. The fourth-order valence-corrected chi connectivity index (χ4v) is 1.66. The van der Waals surface area contributed by atoms with E-state index in [0.29, 0.717) is 18.4 Å². The van der Waals surface area contributed by atoms with Crippen molar-refractivity contribution in [3.8, 4) is 0 Å². The molecular formula is C11H17O2. The number of ether oxygens (including phenoxy) is 1. The zero-order valence-electron chi connectivity index (χ0n) is 8.00. The lowest BCUT2D eigenvalue weighted by molar-refractivity contribution is -0.139. The molecular weight excluding hydrogens is 164 g/mol. The smallest absolute Gasteiger partial charge is 0.330 e. The molecule has 1 saturated carbocycles. The fourth-order valence-electron chi connectivity index (χ4n) is 1.66. The predicted octanol–water partition coefficient (Wildman–Crippen LogP) is 2.36. The van der Waals surface area contributed by atoms with Crippen LogP contribution >= 0.6 is 0 Å². The van der Waals surface area contributed by atoms with Gasteiger partial charge in [0.2, 0.25) is 0 Å².